The predicted molar refractivity (Wildman–Crippen MR) is 128 cm³/mol. The molecule has 3 heterocycles. The molecule has 1 unspecified atom stereocenters. The van der Waals surface area contributed by atoms with Crippen LogP contribution in [-0.2, 0) is 11.8 Å². The average molecular weight is 458 g/mol. The SMILES string of the molecule is CC.CC(C)(C)OC(=O)N1CCCC(c2ccn[nH]2)C1.Cn1ccc(-c2cccc(F)c2)n1. The van der Waals surface area contributed by atoms with Crippen LogP contribution in [0.15, 0.2) is 48.8 Å². The number of piperidine rings is 1. The van der Waals surface area contributed by atoms with Crippen LogP contribution in [0, 0.1) is 5.82 Å². The molecule has 1 aliphatic rings. The number of hydrogen-bond donors (Lipinski definition) is 1. The van der Waals surface area contributed by atoms with Crippen LogP contribution >= 0.6 is 0 Å². The number of H-pyrrole nitrogens is 1. The summed E-state index contributed by atoms with van der Waals surface area (Å²) in [4.78, 5) is 13.8. The molecular weight excluding hydrogens is 421 g/mol. The predicted octanol–water partition coefficient (Wildman–Crippen LogP) is 5.78. The molecule has 180 valence electrons. The number of nitrogens with zero attached hydrogens (tertiary/aromatic N) is 4. The number of aryl methyl sites for hydroxylation is 1. The molecule has 0 saturated carbocycles. The van der Waals surface area contributed by atoms with Crippen molar-refractivity contribution in [2.75, 3.05) is 13.1 Å². The first kappa shape index (κ1) is 26.1. The number of carbonyl (C=O) groups excluding carboxylic acids is 1. The van der Waals surface area contributed by atoms with E-state index < -0.39 is 5.60 Å². The monoisotopic (exact) mass is 457 g/mol. The van der Waals surface area contributed by atoms with Crippen molar-refractivity contribution in [1.29, 1.82) is 0 Å². The van der Waals surface area contributed by atoms with Gasteiger partial charge in [0.25, 0.3) is 0 Å². The molecule has 1 N–H and O–H groups in total. The van der Waals surface area contributed by atoms with E-state index in [9.17, 15) is 9.18 Å². The Kier molecular flexibility index (Phi) is 9.63. The summed E-state index contributed by atoms with van der Waals surface area (Å²) in [6.45, 7) is 11.2. The van der Waals surface area contributed by atoms with Crippen molar-refractivity contribution < 1.29 is 13.9 Å². The van der Waals surface area contributed by atoms with Crippen molar-refractivity contribution in [2.24, 2.45) is 7.05 Å². The number of nitrogens with one attached hydrogen (secondary N) is 1. The number of halogens is 1. The fourth-order valence-electron chi connectivity index (χ4n) is 3.43. The van der Waals surface area contributed by atoms with Gasteiger partial charge in [-0.2, -0.15) is 10.2 Å². The second kappa shape index (κ2) is 12.2. The normalized spacial score (nSPS) is 15.6. The quantitative estimate of drug-likeness (QED) is 0.529. The van der Waals surface area contributed by atoms with Crippen molar-refractivity contribution in [3.8, 4) is 11.3 Å². The molecule has 33 heavy (non-hydrogen) atoms. The van der Waals surface area contributed by atoms with Gasteiger partial charge >= 0.3 is 6.09 Å². The van der Waals surface area contributed by atoms with Crippen LogP contribution in [0.2, 0.25) is 0 Å². The van der Waals surface area contributed by atoms with Gasteiger partial charge in [0.15, 0.2) is 0 Å². The highest BCUT2D eigenvalue weighted by atomic mass is 19.1. The second-order valence-electron chi connectivity index (χ2n) is 8.66. The van der Waals surface area contributed by atoms with E-state index in [1.807, 2.05) is 66.1 Å². The van der Waals surface area contributed by atoms with Gasteiger partial charge in [-0.1, -0.05) is 26.0 Å². The smallest absolute Gasteiger partial charge is 0.410 e. The molecule has 4 rings (SSSR count). The van der Waals surface area contributed by atoms with Crippen molar-refractivity contribution >= 4 is 6.09 Å². The standard InChI is InChI=1S/C13H21N3O2.C10H9FN2.C2H6/c1-13(2,3)18-12(17)16-8-4-5-10(9-16)11-6-7-14-15-11;1-13-6-5-10(12-13)8-3-2-4-9(11)7-8;1-2/h6-7,10H,4-5,8-9H2,1-3H3,(H,14,15);2-7H,1H3;1-2H3. The molecule has 7 nitrogen and oxygen atoms in total. The number of ether oxygens (including phenoxy) is 1. The highest BCUT2D eigenvalue weighted by molar-refractivity contribution is 5.68. The highest BCUT2D eigenvalue weighted by Crippen LogP contribution is 2.26. The number of likely N-dealkylation sites (tertiary alicyclic amines) is 1. The molecule has 1 aliphatic heterocycles. The Morgan fingerprint density at radius 1 is 1.21 bits per heavy atom. The molecule has 1 fully saturated rings. The molecule has 0 aliphatic carbocycles. The molecule has 0 radical (unpaired) electrons. The van der Waals surface area contributed by atoms with Crippen LogP contribution in [-0.4, -0.2) is 49.7 Å². The first-order chi connectivity index (χ1) is 15.7. The van der Waals surface area contributed by atoms with Gasteiger partial charge in [0, 0.05) is 49.7 Å². The summed E-state index contributed by atoms with van der Waals surface area (Å²) < 4.78 is 19.9. The molecule has 3 aromatic rings. The van der Waals surface area contributed by atoms with E-state index in [2.05, 4.69) is 15.3 Å². The summed E-state index contributed by atoms with van der Waals surface area (Å²) in [6.07, 6.45) is 5.46. The maximum atomic E-state index is 12.8. The number of benzene rings is 1. The summed E-state index contributed by atoms with van der Waals surface area (Å²) in [5.74, 6) is 0.108. The lowest BCUT2D eigenvalue weighted by Gasteiger charge is -2.33. The van der Waals surface area contributed by atoms with Gasteiger partial charge in [0.1, 0.15) is 11.4 Å². The van der Waals surface area contributed by atoms with Gasteiger partial charge in [-0.3, -0.25) is 9.78 Å². The van der Waals surface area contributed by atoms with E-state index in [0.717, 1.165) is 36.3 Å². The number of rotatable bonds is 2. The Labute approximate surface area is 196 Å². The van der Waals surface area contributed by atoms with E-state index >= 15 is 0 Å². The van der Waals surface area contributed by atoms with Gasteiger partial charge in [0.2, 0.25) is 0 Å². The van der Waals surface area contributed by atoms with Crippen LogP contribution in [0.1, 0.15) is 59.1 Å². The summed E-state index contributed by atoms with van der Waals surface area (Å²) in [5, 5.41) is 11.1. The zero-order valence-corrected chi connectivity index (χ0v) is 20.5. The molecular formula is C25H36FN5O2. The Morgan fingerprint density at radius 2 is 1.97 bits per heavy atom. The Bertz CT molecular complexity index is 979. The van der Waals surface area contributed by atoms with E-state index in [1.165, 1.54) is 12.1 Å². The fraction of sp³-hybridized carbons (Fsp3) is 0.480. The number of carbonyl (C=O) groups is 1. The lowest BCUT2D eigenvalue weighted by molar-refractivity contribution is 0.0197. The van der Waals surface area contributed by atoms with Gasteiger partial charge in [0.05, 0.1) is 5.69 Å². The number of amides is 1. The highest BCUT2D eigenvalue weighted by Gasteiger charge is 2.28. The lowest BCUT2D eigenvalue weighted by Crippen LogP contribution is -2.42. The zero-order valence-electron chi connectivity index (χ0n) is 20.5. The topological polar surface area (TPSA) is 76.0 Å². The first-order valence-corrected chi connectivity index (χ1v) is 11.4. The average Bonchev–Trinajstić information content (AvgIpc) is 3.47. The maximum Gasteiger partial charge on any atom is 0.410 e. The largest absolute Gasteiger partial charge is 0.444 e. The number of aromatic nitrogens is 4. The molecule has 0 bridgehead atoms. The molecule has 1 saturated heterocycles. The van der Waals surface area contributed by atoms with Crippen molar-refractivity contribution in [3.63, 3.8) is 0 Å². The lowest BCUT2D eigenvalue weighted by atomic mass is 9.95. The fourth-order valence-corrected chi connectivity index (χ4v) is 3.43. The van der Waals surface area contributed by atoms with Crippen LogP contribution in [0.3, 0.4) is 0 Å². The Hall–Kier alpha value is -3.16. The van der Waals surface area contributed by atoms with E-state index in [4.69, 9.17) is 4.74 Å². The summed E-state index contributed by atoms with van der Waals surface area (Å²) >= 11 is 0. The zero-order chi connectivity index (χ0) is 24.4. The van der Waals surface area contributed by atoms with Gasteiger partial charge in [-0.05, 0) is 57.9 Å². The Balaban J connectivity index is 0.000000227. The molecule has 8 heteroatoms. The van der Waals surface area contributed by atoms with Crippen molar-refractivity contribution in [1.82, 2.24) is 24.9 Å². The minimum atomic E-state index is -0.433. The van der Waals surface area contributed by atoms with Crippen LogP contribution < -0.4 is 0 Å². The van der Waals surface area contributed by atoms with Crippen molar-refractivity contribution in [3.05, 3.63) is 60.3 Å². The molecule has 1 atom stereocenters. The van der Waals surface area contributed by atoms with E-state index in [-0.39, 0.29) is 11.9 Å². The van der Waals surface area contributed by atoms with E-state index in [0.29, 0.717) is 12.5 Å². The third-order valence-electron chi connectivity index (χ3n) is 4.87. The number of hydrogen-bond acceptors (Lipinski definition) is 4. The van der Waals surface area contributed by atoms with Gasteiger partial charge < -0.3 is 9.64 Å². The van der Waals surface area contributed by atoms with Gasteiger partial charge in [-0.15, -0.1) is 0 Å². The third kappa shape index (κ3) is 8.36. The molecule has 2 aromatic heterocycles. The van der Waals surface area contributed by atoms with Crippen LogP contribution in [0.5, 0.6) is 0 Å². The van der Waals surface area contributed by atoms with E-state index in [1.54, 1.807) is 21.8 Å². The van der Waals surface area contributed by atoms with Crippen LogP contribution in [0.25, 0.3) is 11.3 Å². The summed E-state index contributed by atoms with van der Waals surface area (Å²) in [6, 6.07) is 10.2. The van der Waals surface area contributed by atoms with Crippen LogP contribution in [0.4, 0.5) is 9.18 Å². The first-order valence-electron chi connectivity index (χ1n) is 11.4. The maximum absolute atomic E-state index is 12.8. The third-order valence-corrected chi connectivity index (χ3v) is 4.87. The number of aromatic amines is 1. The van der Waals surface area contributed by atoms with Gasteiger partial charge in [-0.25, -0.2) is 9.18 Å². The minimum Gasteiger partial charge on any atom is -0.444 e. The summed E-state index contributed by atoms with van der Waals surface area (Å²) in [5.41, 5.74) is 2.27. The summed E-state index contributed by atoms with van der Waals surface area (Å²) in [7, 11) is 1.84. The Morgan fingerprint density at radius 3 is 2.55 bits per heavy atom. The second-order valence-corrected chi connectivity index (χ2v) is 8.66. The van der Waals surface area contributed by atoms with Crippen molar-refractivity contribution in [2.45, 2.75) is 59.0 Å². The molecule has 0 spiro atoms. The molecule has 1 aromatic carbocycles. The molecule has 1 amide bonds. The minimum absolute atomic E-state index is 0.216.